The number of carbonyl (C=O) groups is 2. The molecule has 2 aliphatic carbocycles. The fourth-order valence-corrected chi connectivity index (χ4v) is 5.15. The lowest BCUT2D eigenvalue weighted by molar-refractivity contribution is -0.121. The molecule has 1 N–H and O–H groups in total. The van der Waals surface area contributed by atoms with Crippen molar-refractivity contribution in [3.05, 3.63) is 58.6 Å². The molecule has 0 amide bonds. The van der Waals surface area contributed by atoms with Gasteiger partial charge < -0.3 is 9.84 Å². The highest BCUT2D eigenvalue weighted by atomic mass is 16.5. The molecule has 0 spiro atoms. The molecular formula is C25H30O4. The molecular weight excluding hydrogens is 364 g/mol. The third kappa shape index (κ3) is 3.77. The average Bonchev–Trinajstić information content (AvgIpc) is 2.59. The number of ketones is 2. The lowest BCUT2D eigenvalue weighted by atomic mass is 9.66. The number of hydrogen-bond donors (Lipinski definition) is 1. The van der Waals surface area contributed by atoms with Crippen molar-refractivity contribution in [2.75, 3.05) is 0 Å². The lowest BCUT2D eigenvalue weighted by Gasteiger charge is -2.42. The van der Waals surface area contributed by atoms with Crippen LogP contribution < -0.4 is 0 Å². The third-order valence-corrected chi connectivity index (χ3v) is 6.38. The standard InChI is InChI=1S/C25H30O4/c1-24(2)11-17(26)22(18(27)12-24)16-10-20(15-8-6-5-7-9-15)29-21-14-25(3,4)13-19(28)23(16)21/h5-9,16,20,26H,10-14H2,1-4H3/t16-,20+/m0/s1. The maximum atomic E-state index is 13.1. The highest BCUT2D eigenvalue weighted by Gasteiger charge is 2.46. The Hall–Kier alpha value is -2.36. The van der Waals surface area contributed by atoms with Crippen LogP contribution in [0, 0.1) is 16.7 Å². The van der Waals surface area contributed by atoms with E-state index in [0.29, 0.717) is 49.0 Å². The maximum Gasteiger partial charge on any atom is 0.163 e. The SMILES string of the molecule is CC1(C)CC(=O)C([C@@H]2C[C@H](c3ccccc3)OC3=C2C(=O)CC(C)(C)C3)=C(O)C1. The third-order valence-electron chi connectivity index (χ3n) is 6.38. The van der Waals surface area contributed by atoms with Crippen molar-refractivity contribution in [3.63, 3.8) is 0 Å². The number of allylic oxidation sites excluding steroid dienone is 4. The van der Waals surface area contributed by atoms with Crippen molar-refractivity contribution in [1.29, 1.82) is 0 Å². The van der Waals surface area contributed by atoms with Crippen LogP contribution in [0.5, 0.6) is 0 Å². The minimum absolute atomic E-state index is 0.0399. The molecule has 3 aliphatic rings. The van der Waals surface area contributed by atoms with Crippen molar-refractivity contribution in [2.24, 2.45) is 16.7 Å². The molecule has 1 aliphatic heterocycles. The molecule has 4 rings (SSSR count). The largest absolute Gasteiger partial charge is 0.512 e. The zero-order valence-corrected chi connectivity index (χ0v) is 17.7. The molecule has 29 heavy (non-hydrogen) atoms. The van der Waals surface area contributed by atoms with Crippen LogP contribution in [-0.4, -0.2) is 16.7 Å². The van der Waals surface area contributed by atoms with Crippen LogP contribution in [0.25, 0.3) is 0 Å². The summed E-state index contributed by atoms with van der Waals surface area (Å²) in [6.07, 6.45) is 2.23. The van der Waals surface area contributed by atoms with Crippen molar-refractivity contribution in [2.45, 2.75) is 65.9 Å². The minimum atomic E-state index is -0.392. The van der Waals surface area contributed by atoms with Gasteiger partial charge in [0.2, 0.25) is 0 Å². The van der Waals surface area contributed by atoms with Gasteiger partial charge in [-0.15, -0.1) is 0 Å². The zero-order valence-electron chi connectivity index (χ0n) is 17.7. The van der Waals surface area contributed by atoms with Gasteiger partial charge in [-0.1, -0.05) is 58.0 Å². The molecule has 0 radical (unpaired) electrons. The number of Topliss-reactive ketones (excluding diaryl/α,β-unsaturated/α-hetero) is 2. The molecule has 0 saturated carbocycles. The first-order valence-electron chi connectivity index (χ1n) is 10.5. The number of carbonyl (C=O) groups excluding carboxylic acids is 2. The second kappa shape index (κ2) is 6.86. The molecule has 0 aromatic heterocycles. The molecule has 0 bridgehead atoms. The van der Waals surface area contributed by atoms with Crippen LogP contribution in [0.2, 0.25) is 0 Å². The van der Waals surface area contributed by atoms with Gasteiger partial charge in [-0.2, -0.15) is 0 Å². The first kappa shape index (κ1) is 19.9. The van der Waals surface area contributed by atoms with Gasteiger partial charge >= 0.3 is 0 Å². The van der Waals surface area contributed by atoms with Gasteiger partial charge in [-0.05, 0) is 22.8 Å². The molecule has 0 fully saturated rings. The predicted molar refractivity (Wildman–Crippen MR) is 111 cm³/mol. The Bertz CT molecular complexity index is 917. The summed E-state index contributed by atoms with van der Waals surface area (Å²) in [6.45, 7) is 8.13. The summed E-state index contributed by atoms with van der Waals surface area (Å²) in [6, 6.07) is 9.94. The van der Waals surface area contributed by atoms with E-state index in [1.165, 1.54) is 0 Å². The van der Waals surface area contributed by atoms with Gasteiger partial charge in [0, 0.05) is 42.7 Å². The normalized spacial score (nSPS) is 28.8. The summed E-state index contributed by atoms with van der Waals surface area (Å²) >= 11 is 0. The van der Waals surface area contributed by atoms with Crippen molar-refractivity contribution in [1.82, 2.24) is 0 Å². The summed E-state index contributed by atoms with van der Waals surface area (Å²) < 4.78 is 6.36. The van der Waals surface area contributed by atoms with E-state index in [4.69, 9.17) is 4.74 Å². The van der Waals surface area contributed by atoms with Crippen LogP contribution in [0.15, 0.2) is 53.0 Å². The van der Waals surface area contributed by atoms with E-state index in [2.05, 4.69) is 13.8 Å². The van der Waals surface area contributed by atoms with Crippen LogP contribution in [-0.2, 0) is 14.3 Å². The van der Waals surface area contributed by atoms with E-state index < -0.39 is 5.92 Å². The summed E-state index contributed by atoms with van der Waals surface area (Å²) in [5, 5.41) is 10.8. The van der Waals surface area contributed by atoms with E-state index >= 15 is 0 Å². The van der Waals surface area contributed by atoms with Gasteiger partial charge in [0.05, 0.1) is 0 Å². The highest BCUT2D eigenvalue weighted by molar-refractivity contribution is 6.04. The quantitative estimate of drug-likeness (QED) is 0.708. The van der Waals surface area contributed by atoms with Gasteiger partial charge in [0.1, 0.15) is 17.6 Å². The topological polar surface area (TPSA) is 63.6 Å². The van der Waals surface area contributed by atoms with E-state index in [1.54, 1.807) is 0 Å². The Labute approximate surface area is 172 Å². The molecule has 4 nitrogen and oxygen atoms in total. The van der Waals surface area contributed by atoms with E-state index in [9.17, 15) is 14.7 Å². The number of hydrogen-bond acceptors (Lipinski definition) is 4. The second-order valence-corrected chi connectivity index (χ2v) is 10.4. The Morgan fingerprint density at radius 3 is 2.07 bits per heavy atom. The van der Waals surface area contributed by atoms with Crippen LogP contribution in [0.3, 0.4) is 0 Å². The van der Waals surface area contributed by atoms with Crippen molar-refractivity contribution in [3.8, 4) is 0 Å². The first-order valence-corrected chi connectivity index (χ1v) is 10.5. The Morgan fingerprint density at radius 1 is 0.862 bits per heavy atom. The molecule has 0 unspecified atom stereocenters. The highest BCUT2D eigenvalue weighted by Crippen LogP contribution is 2.51. The van der Waals surface area contributed by atoms with Crippen LogP contribution in [0.1, 0.15) is 71.5 Å². The van der Waals surface area contributed by atoms with Gasteiger partial charge in [0.25, 0.3) is 0 Å². The fraction of sp³-hybridized carbons (Fsp3) is 0.520. The Morgan fingerprint density at radius 2 is 1.45 bits per heavy atom. The summed E-state index contributed by atoms with van der Waals surface area (Å²) in [5.74, 6) is 0.465. The first-order chi connectivity index (χ1) is 13.6. The van der Waals surface area contributed by atoms with Crippen molar-refractivity contribution >= 4 is 11.6 Å². The lowest BCUT2D eigenvalue weighted by Crippen LogP contribution is -2.38. The fourth-order valence-electron chi connectivity index (χ4n) is 5.15. The van der Waals surface area contributed by atoms with Gasteiger partial charge in [-0.3, -0.25) is 9.59 Å². The molecule has 2 atom stereocenters. The van der Waals surface area contributed by atoms with Crippen LogP contribution in [0.4, 0.5) is 0 Å². The molecule has 1 heterocycles. The van der Waals surface area contributed by atoms with E-state index in [1.807, 2.05) is 44.2 Å². The molecule has 0 saturated heterocycles. The second-order valence-electron chi connectivity index (χ2n) is 10.4. The van der Waals surface area contributed by atoms with E-state index in [-0.39, 0.29) is 34.3 Å². The van der Waals surface area contributed by atoms with Gasteiger partial charge in [-0.25, -0.2) is 0 Å². The number of rotatable bonds is 2. The molecule has 1 aromatic carbocycles. The summed E-state index contributed by atoms with van der Waals surface area (Å²) in [7, 11) is 0. The smallest absolute Gasteiger partial charge is 0.163 e. The molecule has 154 valence electrons. The summed E-state index contributed by atoms with van der Waals surface area (Å²) in [4.78, 5) is 26.2. The van der Waals surface area contributed by atoms with Crippen molar-refractivity contribution < 1.29 is 19.4 Å². The van der Waals surface area contributed by atoms with E-state index in [0.717, 1.165) is 5.56 Å². The maximum absolute atomic E-state index is 13.1. The number of aliphatic hydroxyl groups excluding tert-OH is 1. The van der Waals surface area contributed by atoms with Crippen LogP contribution >= 0.6 is 0 Å². The average molecular weight is 395 g/mol. The Balaban J connectivity index is 1.82. The minimum Gasteiger partial charge on any atom is -0.512 e. The monoisotopic (exact) mass is 394 g/mol. The number of aliphatic hydroxyl groups is 1. The number of benzene rings is 1. The molecule has 4 heteroatoms. The number of ether oxygens (including phenoxy) is 1. The summed E-state index contributed by atoms with van der Waals surface area (Å²) in [5.41, 5.74) is 1.65. The Kier molecular flexibility index (Phi) is 4.71. The predicted octanol–water partition coefficient (Wildman–Crippen LogP) is 5.61. The zero-order chi connectivity index (χ0) is 21.0. The molecule has 1 aromatic rings. The van der Waals surface area contributed by atoms with Gasteiger partial charge in [0.15, 0.2) is 11.6 Å².